The Morgan fingerprint density at radius 1 is 1.05 bits per heavy atom. The van der Waals surface area contributed by atoms with Gasteiger partial charge < -0.3 is 13.9 Å². The average molecular weight is 317 g/mol. The number of carbonyl (C=O) groups excluding carboxylic acids is 2. The number of rotatable bonds is 3. The van der Waals surface area contributed by atoms with Crippen molar-refractivity contribution in [2.75, 3.05) is 20.5 Å². The molecule has 114 valence electrons. The Bertz CT molecular complexity index is 897. The summed E-state index contributed by atoms with van der Waals surface area (Å²) in [5.41, 5.74) is 3.92. The Morgan fingerprint density at radius 3 is 2.27 bits per heavy atom. The molecular formula is C16H15NO4S. The van der Waals surface area contributed by atoms with Crippen LogP contribution in [0.5, 0.6) is 0 Å². The molecule has 3 heterocycles. The Balaban J connectivity index is 2.57. The van der Waals surface area contributed by atoms with Gasteiger partial charge in [-0.15, -0.1) is 11.8 Å². The molecule has 5 nitrogen and oxygen atoms in total. The van der Waals surface area contributed by atoms with Gasteiger partial charge in [0.25, 0.3) is 0 Å². The van der Waals surface area contributed by atoms with Gasteiger partial charge in [-0.05, 0) is 30.9 Å². The highest BCUT2D eigenvalue weighted by atomic mass is 32.2. The van der Waals surface area contributed by atoms with Crippen LogP contribution in [0.4, 0.5) is 0 Å². The third kappa shape index (κ3) is 1.80. The first kappa shape index (κ1) is 14.7. The Labute approximate surface area is 131 Å². The molecule has 6 heteroatoms. The van der Waals surface area contributed by atoms with Gasteiger partial charge in [-0.1, -0.05) is 6.07 Å². The highest BCUT2D eigenvalue weighted by Crippen LogP contribution is 2.38. The minimum absolute atomic E-state index is 0.255. The first-order valence-corrected chi connectivity index (χ1v) is 7.88. The minimum Gasteiger partial charge on any atom is -0.465 e. The van der Waals surface area contributed by atoms with E-state index in [4.69, 9.17) is 9.47 Å². The maximum Gasteiger partial charge on any atom is 0.341 e. The summed E-state index contributed by atoms with van der Waals surface area (Å²) in [6, 6.07) is 5.79. The molecule has 0 bridgehead atoms. The van der Waals surface area contributed by atoms with Crippen molar-refractivity contribution in [2.24, 2.45) is 0 Å². The Hall–Kier alpha value is -2.21. The number of aromatic nitrogens is 1. The molecular weight excluding hydrogens is 302 g/mol. The smallest absolute Gasteiger partial charge is 0.341 e. The summed E-state index contributed by atoms with van der Waals surface area (Å²) in [6.07, 6.45) is 1.94. The fourth-order valence-electron chi connectivity index (χ4n) is 2.83. The van der Waals surface area contributed by atoms with Crippen LogP contribution in [0, 0.1) is 6.92 Å². The summed E-state index contributed by atoms with van der Waals surface area (Å²) in [5, 5.41) is 0. The molecule has 0 unspecified atom stereocenters. The molecule has 0 spiro atoms. The Kier molecular flexibility index (Phi) is 3.48. The van der Waals surface area contributed by atoms with E-state index in [9.17, 15) is 9.59 Å². The fraction of sp³-hybridized carbons (Fsp3) is 0.250. The quantitative estimate of drug-likeness (QED) is 0.549. The third-order valence-corrected chi connectivity index (χ3v) is 4.59. The maximum atomic E-state index is 12.3. The summed E-state index contributed by atoms with van der Waals surface area (Å²) < 4.78 is 11.7. The predicted molar refractivity (Wildman–Crippen MR) is 85.3 cm³/mol. The van der Waals surface area contributed by atoms with Gasteiger partial charge in [0, 0.05) is 4.90 Å². The van der Waals surface area contributed by atoms with Crippen LogP contribution < -0.4 is 0 Å². The van der Waals surface area contributed by atoms with E-state index in [1.165, 1.54) is 26.0 Å². The number of aryl methyl sites for hydroxylation is 1. The lowest BCUT2D eigenvalue weighted by Gasteiger charge is -2.03. The van der Waals surface area contributed by atoms with Crippen molar-refractivity contribution in [1.82, 2.24) is 4.40 Å². The van der Waals surface area contributed by atoms with Crippen LogP contribution in [-0.2, 0) is 9.47 Å². The number of carbonyl (C=O) groups is 2. The summed E-state index contributed by atoms with van der Waals surface area (Å²) in [4.78, 5) is 25.4. The van der Waals surface area contributed by atoms with Gasteiger partial charge in [-0.25, -0.2) is 9.59 Å². The van der Waals surface area contributed by atoms with Crippen LogP contribution in [-0.4, -0.2) is 36.8 Å². The van der Waals surface area contributed by atoms with Gasteiger partial charge in [0.05, 0.1) is 30.8 Å². The zero-order chi connectivity index (χ0) is 16.0. The van der Waals surface area contributed by atoms with Crippen molar-refractivity contribution >= 4 is 40.3 Å². The molecule has 0 saturated heterocycles. The highest BCUT2D eigenvalue weighted by Gasteiger charge is 2.30. The number of esters is 2. The second-order valence-electron chi connectivity index (χ2n) is 4.92. The van der Waals surface area contributed by atoms with Crippen LogP contribution in [0.1, 0.15) is 26.3 Å². The topological polar surface area (TPSA) is 57.0 Å². The number of methoxy groups -OCH3 is 2. The molecule has 3 aromatic rings. The highest BCUT2D eigenvalue weighted by molar-refractivity contribution is 7.98. The van der Waals surface area contributed by atoms with E-state index in [2.05, 4.69) is 0 Å². The lowest BCUT2D eigenvalue weighted by molar-refractivity contribution is 0.0559. The van der Waals surface area contributed by atoms with Gasteiger partial charge in [-0.2, -0.15) is 0 Å². The van der Waals surface area contributed by atoms with Gasteiger partial charge in [0.1, 0.15) is 11.1 Å². The SMILES string of the molecule is COC(=O)c1c(C(=O)OC)c2c(SC)cc3c(C)ccc1n32. The minimum atomic E-state index is -0.540. The standard InChI is InChI=1S/C16H15NO4S/c1-8-5-6-9-12(15(18)20-2)13(16(19)21-3)14-11(22-4)7-10(8)17(9)14/h5-7H,1-4H3. The lowest BCUT2D eigenvalue weighted by Crippen LogP contribution is -2.10. The molecule has 3 aromatic heterocycles. The fourth-order valence-corrected chi connectivity index (χ4v) is 3.45. The number of pyridine rings is 1. The van der Waals surface area contributed by atoms with Crippen molar-refractivity contribution in [2.45, 2.75) is 11.8 Å². The second-order valence-corrected chi connectivity index (χ2v) is 5.76. The zero-order valence-electron chi connectivity index (χ0n) is 12.7. The summed E-state index contributed by atoms with van der Waals surface area (Å²) in [7, 11) is 2.61. The normalized spacial score (nSPS) is 11.3. The number of thioether (sulfide) groups is 1. The molecule has 0 saturated carbocycles. The molecule has 0 aliphatic heterocycles. The van der Waals surface area contributed by atoms with Crippen molar-refractivity contribution < 1.29 is 19.1 Å². The molecule has 0 amide bonds. The number of hydrogen-bond acceptors (Lipinski definition) is 5. The van der Waals surface area contributed by atoms with Crippen LogP contribution in [0.25, 0.3) is 16.6 Å². The number of hydrogen-bond donors (Lipinski definition) is 0. The van der Waals surface area contributed by atoms with Crippen LogP contribution in [0.2, 0.25) is 0 Å². The van der Waals surface area contributed by atoms with E-state index in [1.54, 1.807) is 0 Å². The second kappa shape index (κ2) is 5.21. The maximum absolute atomic E-state index is 12.3. The van der Waals surface area contributed by atoms with Crippen molar-refractivity contribution in [3.05, 3.63) is 34.9 Å². The van der Waals surface area contributed by atoms with Crippen LogP contribution >= 0.6 is 11.8 Å². The molecule has 0 atom stereocenters. The summed E-state index contributed by atoms with van der Waals surface area (Å²) in [5.74, 6) is -1.08. The molecule has 22 heavy (non-hydrogen) atoms. The monoisotopic (exact) mass is 317 g/mol. The van der Waals surface area contributed by atoms with E-state index in [1.807, 2.05) is 35.8 Å². The van der Waals surface area contributed by atoms with Crippen molar-refractivity contribution in [3.63, 3.8) is 0 Å². The van der Waals surface area contributed by atoms with Crippen molar-refractivity contribution in [3.8, 4) is 0 Å². The molecule has 3 rings (SSSR count). The lowest BCUT2D eigenvalue weighted by atomic mass is 10.1. The average Bonchev–Trinajstić information content (AvgIpc) is 3.07. The van der Waals surface area contributed by atoms with Crippen LogP contribution in [0.15, 0.2) is 23.1 Å². The van der Waals surface area contributed by atoms with Gasteiger partial charge in [0.2, 0.25) is 0 Å². The summed E-state index contributed by atoms with van der Waals surface area (Å²) in [6.45, 7) is 1.99. The molecule has 0 N–H and O–H groups in total. The number of ether oxygens (including phenoxy) is 2. The first-order valence-electron chi connectivity index (χ1n) is 6.65. The molecule has 0 fully saturated rings. The van der Waals surface area contributed by atoms with Gasteiger partial charge in [-0.3, -0.25) is 0 Å². The van der Waals surface area contributed by atoms with Gasteiger partial charge >= 0.3 is 11.9 Å². The molecule has 0 aliphatic rings. The van der Waals surface area contributed by atoms with Crippen LogP contribution in [0.3, 0.4) is 0 Å². The van der Waals surface area contributed by atoms with E-state index >= 15 is 0 Å². The molecule has 0 aromatic carbocycles. The van der Waals surface area contributed by atoms with E-state index in [0.29, 0.717) is 11.0 Å². The molecule has 0 aliphatic carbocycles. The van der Waals surface area contributed by atoms with E-state index in [0.717, 1.165) is 16.0 Å². The first-order chi connectivity index (χ1) is 10.5. The molecule has 0 radical (unpaired) electrons. The number of nitrogens with zero attached hydrogens (tertiary/aromatic N) is 1. The third-order valence-electron chi connectivity index (χ3n) is 3.84. The van der Waals surface area contributed by atoms with Gasteiger partial charge in [0.15, 0.2) is 0 Å². The summed E-state index contributed by atoms with van der Waals surface area (Å²) >= 11 is 1.53. The van der Waals surface area contributed by atoms with E-state index < -0.39 is 11.9 Å². The predicted octanol–water partition coefficient (Wildman–Crippen LogP) is 3.13. The van der Waals surface area contributed by atoms with E-state index in [-0.39, 0.29) is 11.1 Å². The Morgan fingerprint density at radius 2 is 1.68 bits per heavy atom. The largest absolute Gasteiger partial charge is 0.465 e. The zero-order valence-corrected chi connectivity index (χ0v) is 13.5. The van der Waals surface area contributed by atoms with Crippen molar-refractivity contribution in [1.29, 1.82) is 0 Å².